The van der Waals surface area contributed by atoms with Crippen molar-refractivity contribution in [3.8, 4) is 0 Å². The highest BCUT2D eigenvalue weighted by Gasteiger charge is 2.41. The van der Waals surface area contributed by atoms with Crippen LogP contribution in [0.5, 0.6) is 0 Å². The number of allylic oxidation sites excluding steroid dienone is 1. The highest BCUT2D eigenvalue weighted by Crippen LogP contribution is 2.45. The molecule has 0 unspecified atom stereocenters. The maximum absolute atomic E-state index is 6.15. The Morgan fingerprint density at radius 1 is 1.50 bits per heavy atom. The zero-order valence-electron chi connectivity index (χ0n) is 6.75. The van der Waals surface area contributed by atoms with Crippen molar-refractivity contribution in [1.82, 2.24) is 0 Å². The lowest BCUT2D eigenvalue weighted by Crippen LogP contribution is -2.31. The zero-order chi connectivity index (χ0) is 8.41. The summed E-state index contributed by atoms with van der Waals surface area (Å²) in [6, 6.07) is 0.870. The van der Waals surface area contributed by atoms with Crippen LogP contribution in [0.3, 0.4) is 0 Å². The van der Waals surface area contributed by atoms with Crippen molar-refractivity contribution in [1.29, 1.82) is 0 Å². The van der Waals surface area contributed by atoms with Crippen LogP contribution in [-0.2, 0) is 0 Å². The highest BCUT2D eigenvalue weighted by atomic mass is 35.7. The average Bonchev–Trinajstić information content (AvgIpc) is 1.88. The molecule has 0 amide bonds. The molecule has 0 aromatic carbocycles. The molecule has 0 aromatic heterocycles. The Hall–Kier alpha value is 0.537. The van der Waals surface area contributed by atoms with Crippen LogP contribution in [-0.4, -0.2) is 6.69 Å². The molecule has 0 aromatic rings. The number of halogens is 2. The van der Waals surface area contributed by atoms with Gasteiger partial charge in [0.05, 0.1) is 0 Å². The summed E-state index contributed by atoms with van der Waals surface area (Å²) >= 11 is 12.3. The van der Waals surface area contributed by atoms with Crippen LogP contribution >= 0.6 is 22.2 Å². The molecule has 0 fully saturated rings. The third-order valence-corrected chi connectivity index (χ3v) is 9.40. The van der Waals surface area contributed by atoms with Crippen LogP contribution in [0.15, 0.2) is 12.7 Å². The van der Waals surface area contributed by atoms with Gasteiger partial charge in [-0.15, -0.1) is 28.7 Å². The fourth-order valence-electron chi connectivity index (χ4n) is 0.605. The first-order valence-corrected chi connectivity index (χ1v) is 7.62. The first-order valence-electron chi connectivity index (χ1n) is 3.39. The van der Waals surface area contributed by atoms with E-state index in [4.69, 9.17) is 22.2 Å². The molecule has 0 bridgehead atoms. The highest BCUT2D eigenvalue weighted by molar-refractivity contribution is 7.46. The van der Waals surface area contributed by atoms with Crippen LogP contribution in [0.25, 0.3) is 0 Å². The summed E-state index contributed by atoms with van der Waals surface area (Å²) in [6.45, 7) is 7.73. The van der Waals surface area contributed by atoms with Gasteiger partial charge in [-0.2, -0.15) is 0 Å². The summed E-state index contributed by atoms with van der Waals surface area (Å²) in [4.78, 5) is 0. The second-order valence-electron chi connectivity index (χ2n) is 2.98. The van der Waals surface area contributed by atoms with Crippen LogP contribution < -0.4 is 0 Å². The summed E-state index contributed by atoms with van der Waals surface area (Å²) < 4.78 is 0. The lowest BCUT2D eigenvalue weighted by molar-refractivity contribution is 0.831. The molecule has 0 saturated heterocycles. The lowest BCUT2D eigenvalue weighted by atomic mass is 10.2. The van der Waals surface area contributed by atoms with Crippen LogP contribution in [0.1, 0.15) is 20.8 Å². The SMILES string of the molecule is C=CC(C)(C)[Si](Cl)(Cl)CC. The van der Waals surface area contributed by atoms with Gasteiger partial charge < -0.3 is 0 Å². The molecular formula is C7H14Cl2Si. The van der Waals surface area contributed by atoms with Crippen LogP contribution in [0.2, 0.25) is 11.1 Å². The molecule has 0 nitrogen and oxygen atoms in total. The van der Waals surface area contributed by atoms with Gasteiger partial charge in [-0.05, 0) is 6.04 Å². The molecule has 60 valence electrons. The molecule has 0 N–H and O–H groups in total. The molecular weight excluding hydrogens is 183 g/mol. The summed E-state index contributed by atoms with van der Waals surface area (Å²) in [5.41, 5.74) is 0. The Morgan fingerprint density at radius 3 is 2.00 bits per heavy atom. The van der Waals surface area contributed by atoms with Crippen molar-refractivity contribution in [2.75, 3.05) is 0 Å². The maximum atomic E-state index is 6.15. The molecule has 0 aliphatic rings. The molecule has 0 aliphatic heterocycles. The molecule has 0 atom stereocenters. The van der Waals surface area contributed by atoms with Crippen molar-refractivity contribution >= 4 is 28.9 Å². The Balaban J connectivity index is 4.43. The minimum Gasteiger partial charge on any atom is -0.145 e. The quantitative estimate of drug-likeness (QED) is 0.365. The third-order valence-electron chi connectivity index (χ3n) is 1.90. The second kappa shape index (κ2) is 3.29. The second-order valence-corrected chi connectivity index (χ2v) is 10.8. The van der Waals surface area contributed by atoms with Crippen molar-refractivity contribution in [3.63, 3.8) is 0 Å². The molecule has 0 spiro atoms. The Kier molecular flexibility index (Phi) is 3.47. The van der Waals surface area contributed by atoms with E-state index >= 15 is 0 Å². The predicted octanol–water partition coefficient (Wildman–Crippen LogP) is 3.89. The number of hydrogen-bond acceptors (Lipinski definition) is 0. The fourth-order valence-corrected chi connectivity index (χ4v) is 2.28. The molecule has 0 rings (SSSR count). The summed E-state index contributed by atoms with van der Waals surface area (Å²) in [7, 11) is 0. The fraction of sp³-hybridized carbons (Fsp3) is 0.714. The van der Waals surface area contributed by atoms with Crippen molar-refractivity contribution in [2.24, 2.45) is 0 Å². The van der Waals surface area contributed by atoms with Gasteiger partial charge in [0.2, 0.25) is 0 Å². The topological polar surface area (TPSA) is 0 Å². The van der Waals surface area contributed by atoms with Gasteiger partial charge in [0.15, 0.2) is 0 Å². The van der Waals surface area contributed by atoms with Gasteiger partial charge in [-0.25, -0.2) is 0 Å². The minimum atomic E-state index is -2.08. The predicted molar refractivity (Wildman–Crippen MR) is 52.2 cm³/mol. The Morgan fingerprint density at radius 2 is 1.90 bits per heavy atom. The Labute approximate surface area is 73.6 Å². The van der Waals surface area contributed by atoms with Gasteiger partial charge >= 0.3 is 0 Å². The van der Waals surface area contributed by atoms with E-state index in [-0.39, 0.29) is 5.04 Å². The standard InChI is InChI=1S/C7H14Cl2Si/c1-5-7(3,4)10(8,9)6-2/h5H,1,6H2,2-4H3. The normalized spacial score (nSPS) is 13.3. The van der Waals surface area contributed by atoms with Crippen molar-refractivity contribution in [3.05, 3.63) is 12.7 Å². The van der Waals surface area contributed by atoms with E-state index in [0.29, 0.717) is 0 Å². The van der Waals surface area contributed by atoms with Crippen molar-refractivity contribution in [2.45, 2.75) is 31.9 Å². The van der Waals surface area contributed by atoms with Gasteiger partial charge in [0.25, 0.3) is 6.69 Å². The van der Waals surface area contributed by atoms with Gasteiger partial charge in [0, 0.05) is 5.04 Å². The zero-order valence-corrected chi connectivity index (χ0v) is 9.26. The van der Waals surface area contributed by atoms with Crippen molar-refractivity contribution < 1.29 is 0 Å². The summed E-state index contributed by atoms with van der Waals surface area (Å²) in [5.74, 6) is 0. The van der Waals surface area contributed by atoms with Crippen LogP contribution in [0, 0.1) is 0 Å². The van der Waals surface area contributed by atoms with Crippen LogP contribution in [0.4, 0.5) is 0 Å². The maximum Gasteiger partial charge on any atom is 0.260 e. The largest absolute Gasteiger partial charge is 0.260 e. The van der Waals surface area contributed by atoms with E-state index in [1.807, 2.05) is 26.8 Å². The van der Waals surface area contributed by atoms with E-state index in [0.717, 1.165) is 6.04 Å². The first-order chi connectivity index (χ1) is 4.37. The van der Waals surface area contributed by atoms with E-state index in [2.05, 4.69) is 6.58 Å². The monoisotopic (exact) mass is 196 g/mol. The van der Waals surface area contributed by atoms with E-state index < -0.39 is 6.69 Å². The molecule has 0 saturated carbocycles. The number of rotatable bonds is 3. The third kappa shape index (κ3) is 2.01. The van der Waals surface area contributed by atoms with E-state index in [9.17, 15) is 0 Å². The summed E-state index contributed by atoms with van der Waals surface area (Å²) in [5, 5.41) is -0.0785. The molecule has 0 radical (unpaired) electrons. The van der Waals surface area contributed by atoms with Gasteiger partial charge in [-0.3, -0.25) is 0 Å². The molecule has 0 heterocycles. The molecule has 3 heteroatoms. The van der Waals surface area contributed by atoms with E-state index in [1.165, 1.54) is 0 Å². The summed E-state index contributed by atoms with van der Waals surface area (Å²) in [6.07, 6.45) is 1.85. The smallest absolute Gasteiger partial charge is 0.145 e. The molecule has 10 heavy (non-hydrogen) atoms. The lowest BCUT2D eigenvalue weighted by Gasteiger charge is -2.30. The average molecular weight is 197 g/mol. The Bertz CT molecular complexity index is 130. The molecule has 0 aliphatic carbocycles. The number of hydrogen-bond donors (Lipinski definition) is 0. The van der Waals surface area contributed by atoms with Gasteiger partial charge in [-0.1, -0.05) is 26.8 Å². The van der Waals surface area contributed by atoms with E-state index in [1.54, 1.807) is 0 Å². The van der Waals surface area contributed by atoms with Gasteiger partial charge in [0.1, 0.15) is 0 Å². The first kappa shape index (κ1) is 10.5. The minimum absolute atomic E-state index is 0.0785.